The van der Waals surface area contributed by atoms with Crippen LogP contribution in [0.2, 0.25) is 0 Å². The highest BCUT2D eigenvalue weighted by Gasteiger charge is 2.15. The first-order chi connectivity index (χ1) is 7.07. The number of thioether (sulfide) groups is 1. The Bertz CT molecular complexity index is 295. The van der Waals surface area contributed by atoms with Gasteiger partial charge in [-0.25, -0.2) is 9.97 Å². The van der Waals surface area contributed by atoms with E-state index in [0.717, 1.165) is 23.6 Å². The van der Waals surface area contributed by atoms with Crippen molar-refractivity contribution in [1.82, 2.24) is 9.97 Å². The van der Waals surface area contributed by atoms with Crippen LogP contribution in [0.25, 0.3) is 0 Å². The predicted octanol–water partition coefficient (Wildman–Crippen LogP) is 2.12. The lowest BCUT2D eigenvalue weighted by Crippen LogP contribution is -2.24. The molecule has 0 aliphatic heterocycles. The van der Waals surface area contributed by atoms with Crippen LogP contribution in [0.4, 0.5) is 0 Å². The second kappa shape index (κ2) is 5.47. The Hall–Kier alpha value is -0.610. The van der Waals surface area contributed by atoms with Gasteiger partial charge < -0.3 is 5.73 Å². The van der Waals surface area contributed by atoms with Crippen molar-refractivity contribution in [3.8, 4) is 0 Å². The van der Waals surface area contributed by atoms with Crippen LogP contribution < -0.4 is 5.73 Å². The van der Waals surface area contributed by atoms with Gasteiger partial charge in [0.1, 0.15) is 5.82 Å². The van der Waals surface area contributed by atoms with E-state index in [4.69, 9.17) is 5.73 Å². The zero-order chi connectivity index (χ0) is 11.3. The van der Waals surface area contributed by atoms with E-state index in [0.29, 0.717) is 6.54 Å². The fourth-order valence-electron chi connectivity index (χ4n) is 1.13. The highest BCUT2D eigenvalue weighted by atomic mass is 32.2. The molecule has 0 aliphatic rings. The molecule has 15 heavy (non-hydrogen) atoms. The molecule has 1 aromatic heterocycles. The molecule has 0 aliphatic carbocycles. The molecule has 1 rings (SSSR count). The Balaban J connectivity index is 2.51. The van der Waals surface area contributed by atoms with E-state index in [9.17, 15) is 0 Å². The van der Waals surface area contributed by atoms with Gasteiger partial charge in [0.25, 0.3) is 0 Å². The maximum Gasteiger partial charge on any atom is 0.128 e. The van der Waals surface area contributed by atoms with Crippen molar-refractivity contribution in [2.24, 2.45) is 11.1 Å². The Morgan fingerprint density at radius 3 is 2.40 bits per heavy atom. The van der Waals surface area contributed by atoms with Gasteiger partial charge in [-0.3, -0.25) is 0 Å². The van der Waals surface area contributed by atoms with Crippen LogP contribution in [0.3, 0.4) is 0 Å². The number of rotatable bonds is 5. The summed E-state index contributed by atoms with van der Waals surface area (Å²) >= 11 is 1.66. The molecule has 1 aromatic rings. The predicted molar refractivity (Wildman–Crippen MR) is 65.0 cm³/mol. The summed E-state index contributed by atoms with van der Waals surface area (Å²) in [4.78, 5) is 9.74. The number of aryl methyl sites for hydroxylation is 1. The molecule has 0 spiro atoms. The van der Waals surface area contributed by atoms with Crippen LogP contribution in [0.1, 0.15) is 26.1 Å². The van der Waals surface area contributed by atoms with E-state index in [1.165, 1.54) is 0 Å². The molecule has 0 bridgehead atoms. The van der Waals surface area contributed by atoms with Crippen molar-refractivity contribution in [2.75, 3.05) is 12.8 Å². The quantitative estimate of drug-likeness (QED) is 0.780. The van der Waals surface area contributed by atoms with Crippen molar-refractivity contribution in [3.05, 3.63) is 18.2 Å². The summed E-state index contributed by atoms with van der Waals surface area (Å²) in [6.07, 6.45) is 7.71. The highest BCUT2D eigenvalue weighted by Crippen LogP contribution is 2.20. The molecule has 0 aromatic carbocycles. The van der Waals surface area contributed by atoms with Crippen LogP contribution in [0.15, 0.2) is 17.3 Å². The fourth-order valence-corrected chi connectivity index (χ4v) is 1.45. The maximum atomic E-state index is 5.67. The van der Waals surface area contributed by atoms with Gasteiger partial charge in [-0.2, -0.15) is 0 Å². The SMILES string of the molecule is CSc1cnc(CCC(C)(C)CN)nc1. The molecule has 3 nitrogen and oxygen atoms in total. The number of aromatic nitrogens is 2. The Kier molecular flexibility index (Phi) is 4.54. The molecule has 0 fully saturated rings. The molecule has 0 saturated heterocycles. The first-order valence-electron chi connectivity index (χ1n) is 5.12. The molecule has 0 radical (unpaired) electrons. The van der Waals surface area contributed by atoms with Crippen LogP contribution in [-0.2, 0) is 6.42 Å². The minimum Gasteiger partial charge on any atom is -0.330 e. The van der Waals surface area contributed by atoms with Gasteiger partial charge in [-0.15, -0.1) is 11.8 Å². The van der Waals surface area contributed by atoms with Crippen molar-refractivity contribution in [3.63, 3.8) is 0 Å². The zero-order valence-corrected chi connectivity index (χ0v) is 10.5. The Morgan fingerprint density at radius 1 is 1.33 bits per heavy atom. The summed E-state index contributed by atoms with van der Waals surface area (Å²) in [7, 11) is 0. The summed E-state index contributed by atoms with van der Waals surface area (Å²) in [5, 5.41) is 0. The first-order valence-corrected chi connectivity index (χ1v) is 6.35. The number of nitrogens with two attached hydrogens (primary N) is 1. The summed E-state index contributed by atoms with van der Waals surface area (Å²) in [6.45, 7) is 5.04. The molecule has 4 heteroatoms. The van der Waals surface area contributed by atoms with Gasteiger partial charge in [-0.1, -0.05) is 13.8 Å². The maximum absolute atomic E-state index is 5.67. The lowest BCUT2D eigenvalue weighted by Gasteiger charge is -2.21. The smallest absolute Gasteiger partial charge is 0.128 e. The molecule has 1 heterocycles. The molecule has 0 amide bonds. The minimum absolute atomic E-state index is 0.182. The normalized spacial score (nSPS) is 11.7. The summed E-state index contributed by atoms with van der Waals surface area (Å²) < 4.78 is 0. The van der Waals surface area contributed by atoms with Gasteiger partial charge in [0.05, 0.1) is 0 Å². The third kappa shape index (κ3) is 4.18. The van der Waals surface area contributed by atoms with E-state index in [2.05, 4.69) is 23.8 Å². The monoisotopic (exact) mass is 225 g/mol. The van der Waals surface area contributed by atoms with Crippen molar-refractivity contribution in [2.45, 2.75) is 31.6 Å². The molecule has 2 N–H and O–H groups in total. The number of nitrogens with zero attached hydrogens (tertiary/aromatic N) is 2. The van der Waals surface area contributed by atoms with E-state index in [1.54, 1.807) is 11.8 Å². The number of hydrogen-bond acceptors (Lipinski definition) is 4. The van der Waals surface area contributed by atoms with Gasteiger partial charge in [0, 0.05) is 23.7 Å². The van der Waals surface area contributed by atoms with E-state index >= 15 is 0 Å². The van der Waals surface area contributed by atoms with Gasteiger partial charge >= 0.3 is 0 Å². The van der Waals surface area contributed by atoms with Crippen molar-refractivity contribution in [1.29, 1.82) is 0 Å². The summed E-state index contributed by atoms with van der Waals surface area (Å²) in [6, 6.07) is 0. The van der Waals surface area contributed by atoms with E-state index < -0.39 is 0 Å². The first kappa shape index (κ1) is 12.5. The van der Waals surface area contributed by atoms with E-state index in [1.807, 2.05) is 18.6 Å². The highest BCUT2D eigenvalue weighted by molar-refractivity contribution is 7.98. The van der Waals surface area contributed by atoms with Crippen molar-refractivity contribution < 1.29 is 0 Å². The van der Waals surface area contributed by atoms with Crippen molar-refractivity contribution >= 4 is 11.8 Å². The summed E-state index contributed by atoms with van der Waals surface area (Å²) in [5.41, 5.74) is 5.85. The average molecular weight is 225 g/mol. The minimum atomic E-state index is 0.182. The summed E-state index contributed by atoms with van der Waals surface area (Å²) in [5.74, 6) is 0.911. The zero-order valence-electron chi connectivity index (χ0n) is 9.66. The van der Waals surface area contributed by atoms with Gasteiger partial charge in [0.2, 0.25) is 0 Å². The lowest BCUT2D eigenvalue weighted by molar-refractivity contribution is 0.344. The third-order valence-electron chi connectivity index (χ3n) is 2.50. The fraction of sp³-hybridized carbons (Fsp3) is 0.636. The average Bonchev–Trinajstić information content (AvgIpc) is 2.27. The topological polar surface area (TPSA) is 51.8 Å². The molecule has 0 unspecified atom stereocenters. The number of hydrogen-bond donors (Lipinski definition) is 1. The second-order valence-electron chi connectivity index (χ2n) is 4.41. The van der Waals surface area contributed by atoms with Crippen LogP contribution >= 0.6 is 11.8 Å². The standard InChI is InChI=1S/C11H19N3S/c1-11(2,8-12)5-4-10-13-6-9(15-3)7-14-10/h6-7H,4-5,8,12H2,1-3H3. The second-order valence-corrected chi connectivity index (χ2v) is 5.29. The molecular formula is C11H19N3S. The lowest BCUT2D eigenvalue weighted by atomic mass is 9.88. The van der Waals surface area contributed by atoms with Gasteiger partial charge in [-0.05, 0) is 24.6 Å². The third-order valence-corrected chi connectivity index (χ3v) is 3.18. The Morgan fingerprint density at radius 2 is 1.93 bits per heavy atom. The van der Waals surface area contributed by atoms with Crippen LogP contribution in [0, 0.1) is 5.41 Å². The van der Waals surface area contributed by atoms with E-state index in [-0.39, 0.29) is 5.41 Å². The van der Waals surface area contributed by atoms with Crippen LogP contribution in [0.5, 0.6) is 0 Å². The van der Waals surface area contributed by atoms with Gasteiger partial charge in [0.15, 0.2) is 0 Å². The largest absolute Gasteiger partial charge is 0.330 e. The molecule has 0 atom stereocenters. The Labute approximate surface area is 95.9 Å². The molecule has 0 saturated carbocycles. The van der Waals surface area contributed by atoms with Crippen LogP contribution in [-0.4, -0.2) is 22.8 Å². The molecular weight excluding hydrogens is 206 g/mol. The molecule has 84 valence electrons.